The first kappa shape index (κ1) is 41.5. The van der Waals surface area contributed by atoms with Crippen molar-refractivity contribution < 1.29 is 0 Å². The fraction of sp³-hybridized carbons (Fsp3) is 0.0312. The number of aryl methyl sites for hydroxylation is 2. The number of benzene rings is 10. The Morgan fingerprint density at radius 1 is 0.239 bits per heavy atom. The number of hydrogen-bond donors (Lipinski definition) is 0. The summed E-state index contributed by atoms with van der Waals surface area (Å²) in [5, 5.41) is 2.54. The van der Waals surface area contributed by atoms with E-state index in [0.29, 0.717) is 0 Å². The summed E-state index contributed by atoms with van der Waals surface area (Å²) < 4.78 is 5.53. The molecule has 1 heterocycles. The van der Waals surface area contributed by atoms with Gasteiger partial charge < -0.3 is 9.13 Å². The maximum Gasteiger partial charge on any atom is 0.340 e. The molecule has 0 atom stereocenters. The lowest BCUT2D eigenvalue weighted by molar-refractivity contribution is 1.32. The van der Waals surface area contributed by atoms with E-state index in [2.05, 4.69) is 290 Å². The van der Waals surface area contributed by atoms with Crippen molar-refractivity contribution in [1.29, 1.82) is 0 Å². The lowest BCUT2D eigenvalue weighted by Gasteiger charge is -2.46. The van der Waals surface area contributed by atoms with E-state index in [1.165, 1.54) is 77.4 Å². The van der Waals surface area contributed by atoms with Gasteiger partial charge in [0, 0.05) is 11.4 Å². The van der Waals surface area contributed by atoms with Crippen LogP contribution in [-0.2, 0) is 0 Å². The molecule has 0 saturated carbocycles. The van der Waals surface area contributed by atoms with Gasteiger partial charge in [0.25, 0.3) is 0 Å². The van der Waals surface area contributed by atoms with Crippen molar-refractivity contribution in [3.8, 4) is 44.5 Å². The van der Waals surface area contributed by atoms with E-state index in [1.807, 2.05) is 0 Å². The molecule has 2 nitrogen and oxygen atoms in total. The second-order valence-corrected chi connectivity index (χ2v) is 20.9. The standard InChI is InChI=1S/C64H50N2Si/c1-47-35-39-59(40-36-47)65-63(51-23-11-5-12-24-51)64(52-25-13-6-14-26-52)66(60-41-37-48(2)38-42-60)67(65,61-33-17-31-57(45-61)55-29-15-27-53(43-55)49-19-7-3-8-20-49)62-34-18-32-58(46-62)56-30-16-28-54(44-56)50-21-9-4-10-22-50/h3-46H,1-2H3. The van der Waals surface area contributed by atoms with Crippen LogP contribution in [0.1, 0.15) is 22.3 Å². The summed E-state index contributed by atoms with van der Waals surface area (Å²) in [6.07, 6.45) is 0. The van der Waals surface area contributed by atoms with E-state index in [9.17, 15) is 0 Å². The highest BCUT2D eigenvalue weighted by Gasteiger charge is 2.59. The molecule has 0 bridgehead atoms. The molecule has 0 aromatic heterocycles. The van der Waals surface area contributed by atoms with Crippen LogP contribution >= 0.6 is 0 Å². The SMILES string of the molecule is Cc1ccc(N2C(c3ccccc3)=C(c3ccccc3)N(c3ccc(C)cc3)[Si]2(c2cccc(-c3cccc(-c4ccccc4)c3)c2)c2cccc(-c3cccc(-c4ccccc4)c3)c2)cc1. The van der Waals surface area contributed by atoms with E-state index >= 15 is 0 Å². The average Bonchev–Trinajstić information content (AvgIpc) is 3.73. The summed E-state index contributed by atoms with van der Waals surface area (Å²) in [4.78, 5) is 0. The van der Waals surface area contributed by atoms with Crippen molar-refractivity contribution in [2.75, 3.05) is 9.13 Å². The zero-order chi connectivity index (χ0) is 45.2. The van der Waals surface area contributed by atoms with Gasteiger partial charge in [0.05, 0.1) is 11.4 Å². The van der Waals surface area contributed by atoms with Crippen molar-refractivity contribution in [2.45, 2.75) is 13.8 Å². The molecule has 0 radical (unpaired) electrons. The van der Waals surface area contributed by atoms with Gasteiger partial charge in [0.15, 0.2) is 0 Å². The number of rotatable bonds is 10. The van der Waals surface area contributed by atoms with Gasteiger partial charge in [-0.2, -0.15) is 0 Å². The molecule has 10 aromatic rings. The minimum atomic E-state index is -3.54. The number of anilines is 2. The zero-order valence-electron chi connectivity index (χ0n) is 37.8. The normalized spacial score (nSPS) is 13.2. The molecule has 3 heteroatoms. The Labute approximate surface area is 396 Å². The van der Waals surface area contributed by atoms with Gasteiger partial charge in [0.2, 0.25) is 0 Å². The fourth-order valence-corrected chi connectivity index (χ4v) is 15.0. The van der Waals surface area contributed by atoms with Crippen molar-refractivity contribution in [1.82, 2.24) is 0 Å². The Bertz CT molecular complexity index is 3120. The van der Waals surface area contributed by atoms with Crippen molar-refractivity contribution in [3.05, 3.63) is 289 Å². The first-order valence-corrected chi connectivity index (χ1v) is 25.1. The lowest BCUT2D eigenvalue weighted by Crippen LogP contribution is -2.76. The average molecular weight is 875 g/mol. The molecule has 0 amide bonds. The van der Waals surface area contributed by atoms with Crippen LogP contribution in [0.4, 0.5) is 11.4 Å². The highest BCUT2D eigenvalue weighted by atomic mass is 28.3. The summed E-state index contributed by atoms with van der Waals surface area (Å²) in [6, 6.07) is 98.9. The highest BCUT2D eigenvalue weighted by molar-refractivity contribution is 7.11. The van der Waals surface area contributed by atoms with Crippen LogP contribution in [-0.4, -0.2) is 8.40 Å². The van der Waals surface area contributed by atoms with E-state index in [0.717, 1.165) is 22.5 Å². The predicted octanol–water partition coefficient (Wildman–Crippen LogP) is 15.1. The monoisotopic (exact) mass is 874 g/mol. The van der Waals surface area contributed by atoms with Gasteiger partial charge in [0.1, 0.15) is 0 Å². The van der Waals surface area contributed by atoms with Crippen LogP contribution in [0.25, 0.3) is 55.9 Å². The van der Waals surface area contributed by atoms with Gasteiger partial charge in [-0.15, -0.1) is 0 Å². The second kappa shape index (κ2) is 18.0. The number of hydrogen-bond acceptors (Lipinski definition) is 2. The molecule has 0 N–H and O–H groups in total. The predicted molar refractivity (Wildman–Crippen MR) is 287 cm³/mol. The molecule has 0 saturated heterocycles. The van der Waals surface area contributed by atoms with E-state index in [4.69, 9.17) is 0 Å². The van der Waals surface area contributed by atoms with Crippen molar-refractivity contribution >= 4 is 41.5 Å². The van der Waals surface area contributed by atoms with Gasteiger partial charge >= 0.3 is 8.40 Å². The minimum Gasteiger partial charge on any atom is -0.341 e. The molecule has 67 heavy (non-hydrogen) atoms. The molecule has 0 aliphatic carbocycles. The quantitative estimate of drug-likeness (QED) is 0.126. The lowest BCUT2D eigenvalue weighted by atomic mass is 9.99. The molecular formula is C64H50N2Si. The van der Waals surface area contributed by atoms with Crippen LogP contribution in [0.15, 0.2) is 267 Å². The van der Waals surface area contributed by atoms with E-state index in [1.54, 1.807) is 0 Å². The van der Waals surface area contributed by atoms with Crippen LogP contribution in [0.3, 0.4) is 0 Å². The molecule has 0 fully saturated rings. The zero-order valence-corrected chi connectivity index (χ0v) is 38.8. The van der Waals surface area contributed by atoms with Crippen LogP contribution in [0, 0.1) is 13.8 Å². The topological polar surface area (TPSA) is 6.48 Å². The van der Waals surface area contributed by atoms with Gasteiger partial charge in [-0.25, -0.2) is 0 Å². The highest BCUT2D eigenvalue weighted by Crippen LogP contribution is 2.49. The molecule has 10 aromatic carbocycles. The van der Waals surface area contributed by atoms with Gasteiger partial charge in [-0.3, -0.25) is 0 Å². The Kier molecular flexibility index (Phi) is 11.1. The molecule has 11 rings (SSSR count). The summed E-state index contributed by atoms with van der Waals surface area (Å²) in [7, 11) is -3.54. The Hall–Kier alpha value is -8.24. The van der Waals surface area contributed by atoms with Gasteiger partial charge in [-0.05, 0) is 116 Å². The first-order chi connectivity index (χ1) is 33.0. The second-order valence-electron chi connectivity index (χ2n) is 17.5. The summed E-state index contributed by atoms with van der Waals surface area (Å²) in [5.74, 6) is 0. The molecular weight excluding hydrogens is 825 g/mol. The third-order valence-electron chi connectivity index (χ3n) is 13.1. The fourth-order valence-electron chi connectivity index (χ4n) is 9.91. The van der Waals surface area contributed by atoms with Gasteiger partial charge in [-0.1, -0.05) is 242 Å². The van der Waals surface area contributed by atoms with Crippen LogP contribution in [0.5, 0.6) is 0 Å². The molecule has 320 valence electrons. The van der Waals surface area contributed by atoms with E-state index in [-0.39, 0.29) is 0 Å². The molecule has 1 aliphatic rings. The summed E-state index contributed by atoms with van der Waals surface area (Å²) >= 11 is 0. The smallest absolute Gasteiger partial charge is 0.340 e. The maximum absolute atomic E-state index is 3.54. The molecule has 0 unspecified atom stereocenters. The minimum absolute atomic E-state index is 1.15. The first-order valence-electron chi connectivity index (χ1n) is 23.2. The largest absolute Gasteiger partial charge is 0.341 e. The summed E-state index contributed by atoms with van der Waals surface area (Å²) in [5.41, 5.74) is 18.9. The third kappa shape index (κ3) is 7.80. The molecule has 1 aliphatic heterocycles. The maximum atomic E-state index is 2.77. The summed E-state index contributed by atoms with van der Waals surface area (Å²) in [6.45, 7) is 4.36. The van der Waals surface area contributed by atoms with E-state index < -0.39 is 8.40 Å². The Balaban J connectivity index is 1.26. The van der Waals surface area contributed by atoms with Crippen molar-refractivity contribution in [3.63, 3.8) is 0 Å². The number of nitrogens with zero attached hydrogens (tertiary/aromatic N) is 2. The Morgan fingerprint density at radius 2 is 0.507 bits per heavy atom. The Morgan fingerprint density at radius 3 is 0.851 bits per heavy atom. The van der Waals surface area contributed by atoms with Crippen molar-refractivity contribution in [2.24, 2.45) is 0 Å². The van der Waals surface area contributed by atoms with Crippen LogP contribution in [0.2, 0.25) is 0 Å². The van der Waals surface area contributed by atoms with Crippen LogP contribution < -0.4 is 19.5 Å². The molecule has 0 spiro atoms. The third-order valence-corrected chi connectivity index (χ3v) is 17.6.